The molecule has 0 amide bonds. The number of halogens is 1. The molecule has 2 rings (SSSR count). The zero-order valence-corrected chi connectivity index (χ0v) is 12.9. The molecule has 0 bridgehead atoms. The first-order valence-electron chi connectivity index (χ1n) is 6.69. The van der Waals surface area contributed by atoms with Crippen LogP contribution in [-0.2, 0) is 0 Å². The van der Waals surface area contributed by atoms with Gasteiger partial charge in [0.05, 0.1) is 6.61 Å². The van der Waals surface area contributed by atoms with E-state index < -0.39 is 5.63 Å². The molecule has 0 aliphatic carbocycles. The van der Waals surface area contributed by atoms with Crippen molar-refractivity contribution in [3.63, 3.8) is 0 Å². The second kappa shape index (κ2) is 7.90. The first kappa shape index (κ1) is 17.3. The van der Waals surface area contributed by atoms with Crippen LogP contribution in [-0.4, -0.2) is 24.3 Å². The molecule has 2 aromatic rings. The number of phenols is 1. The van der Waals surface area contributed by atoms with Crippen molar-refractivity contribution >= 4 is 23.4 Å². The molecule has 0 unspecified atom stereocenters. The highest BCUT2D eigenvalue weighted by Crippen LogP contribution is 2.30. The summed E-state index contributed by atoms with van der Waals surface area (Å²) < 4.78 is 10.5. The van der Waals surface area contributed by atoms with Crippen LogP contribution >= 0.6 is 12.4 Å². The fourth-order valence-corrected chi connectivity index (χ4v) is 1.84. The van der Waals surface area contributed by atoms with Gasteiger partial charge in [-0.15, -0.1) is 12.4 Å². The van der Waals surface area contributed by atoms with Gasteiger partial charge in [0.25, 0.3) is 0 Å². The zero-order valence-electron chi connectivity index (χ0n) is 12.1. The predicted molar refractivity (Wildman–Crippen MR) is 84.6 cm³/mol. The quantitative estimate of drug-likeness (QED) is 0.634. The SMILES string of the molecule is CC(C)NCCCOc1cc2ccc(=O)oc2cc1O.Cl. The zero-order chi connectivity index (χ0) is 14.5. The van der Waals surface area contributed by atoms with Gasteiger partial charge in [-0.3, -0.25) is 0 Å². The number of fused-ring (bicyclic) bond motifs is 1. The van der Waals surface area contributed by atoms with Crippen molar-refractivity contribution in [3.8, 4) is 11.5 Å². The van der Waals surface area contributed by atoms with Crippen LogP contribution in [0.1, 0.15) is 20.3 Å². The number of hydrogen-bond acceptors (Lipinski definition) is 5. The highest BCUT2D eigenvalue weighted by Gasteiger charge is 2.07. The van der Waals surface area contributed by atoms with E-state index in [2.05, 4.69) is 19.2 Å². The van der Waals surface area contributed by atoms with Gasteiger partial charge in [0.1, 0.15) is 5.58 Å². The minimum Gasteiger partial charge on any atom is -0.504 e. The van der Waals surface area contributed by atoms with E-state index in [1.807, 2.05) is 0 Å². The summed E-state index contributed by atoms with van der Waals surface area (Å²) in [5, 5.41) is 13.9. The molecule has 0 saturated carbocycles. The van der Waals surface area contributed by atoms with E-state index in [1.54, 1.807) is 12.1 Å². The third-order valence-electron chi connectivity index (χ3n) is 2.83. The number of ether oxygens (including phenoxy) is 1. The van der Waals surface area contributed by atoms with Crippen molar-refractivity contribution in [3.05, 3.63) is 34.7 Å². The molecule has 0 aliphatic heterocycles. The molecule has 6 heteroatoms. The van der Waals surface area contributed by atoms with Gasteiger partial charge in [-0.1, -0.05) is 13.8 Å². The summed E-state index contributed by atoms with van der Waals surface area (Å²) in [6.07, 6.45) is 0.847. The normalized spacial score (nSPS) is 10.6. The van der Waals surface area contributed by atoms with Crippen LogP contribution in [0.4, 0.5) is 0 Å². The highest BCUT2D eigenvalue weighted by atomic mass is 35.5. The smallest absolute Gasteiger partial charge is 0.336 e. The van der Waals surface area contributed by atoms with Crippen LogP contribution in [0.5, 0.6) is 11.5 Å². The molecule has 5 nitrogen and oxygen atoms in total. The average molecular weight is 314 g/mol. The third kappa shape index (κ3) is 4.95. The Bertz CT molecular complexity index is 639. The van der Waals surface area contributed by atoms with Crippen molar-refractivity contribution in [1.82, 2.24) is 5.32 Å². The number of rotatable bonds is 6. The van der Waals surface area contributed by atoms with Crippen molar-refractivity contribution in [2.24, 2.45) is 0 Å². The topological polar surface area (TPSA) is 71.7 Å². The Morgan fingerprint density at radius 3 is 2.81 bits per heavy atom. The Morgan fingerprint density at radius 1 is 1.33 bits per heavy atom. The first-order valence-corrected chi connectivity index (χ1v) is 6.69. The number of nitrogens with one attached hydrogen (secondary N) is 1. The Morgan fingerprint density at radius 2 is 2.10 bits per heavy atom. The maximum absolute atomic E-state index is 11.1. The summed E-state index contributed by atoms with van der Waals surface area (Å²) in [6, 6.07) is 6.51. The lowest BCUT2D eigenvalue weighted by atomic mass is 10.2. The second-order valence-electron chi connectivity index (χ2n) is 4.92. The van der Waals surface area contributed by atoms with Crippen molar-refractivity contribution in [2.75, 3.05) is 13.2 Å². The number of benzene rings is 1. The van der Waals surface area contributed by atoms with Gasteiger partial charge in [-0.25, -0.2) is 4.79 Å². The van der Waals surface area contributed by atoms with Crippen molar-refractivity contribution in [2.45, 2.75) is 26.3 Å². The van der Waals surface area contributed by atoms with Crippen molar-refractivity contribution in [1.29, 1.82) is 0 Å². The molecule has 0 atom stereocenters. The lowest BCUT2D eigenvalue weighted by molar-refractivity contribution is 0.291. The van der Waals surface area contributed by atoms with Crippen LogP contribution in [0.15, 0.2) is 33.5 Å². The largest absolute Gasteiger partial charge is 0.504 e. The summed E-state index contributed by atoms with van der Waals surface area (Å²) in [5.74, 6) is 0.375. The molecule has 0 spiro atoms. The molecule has 1 aromatic carbocycles. The summed E-state index contributed by atoms with van der Waals surface area (Å²) in [6.45, 7) is 5.55. The minimum absolute atomic E-state index is 0. The number of phenolic OH excluding ortho intramolecular Hbond substituents is 1. The van der Waals surface area contributed by atoms with Gasteiger partial charge in [-0.05, 0) is 25.1 Å². The van der Waals surface area contributed by atoms with E-state index in [9.17, 15) is 9.90 Å². The van der Waals surface area contributed by atoms with E-state index in [0.29, 0.717) is 24.0 Å². The van der Waals surface area contributed by atoms with E-state index in [1.165, 1.54) is 12.1 Å². The van der Waals surface area contributed by atoms with E-state index in [4.69, 9.17) is 9.15 Å². The number of aromatic hydroxyl groups is 1. The Hall–Kier alpha value is -1.72. The van der Waals surface area contributed by atoms with Crippen molar-refractivity contribution < 1.29 is 14.3 Å². The van der Waals surface area contributed by atoms with E-state index in [-0.39, 0.29) is 18.2 Å². The summed E-state index contributed by atoms with van der Waals surface area (Å²) in [5.41, 5.74) is -0.0887. The van der Waals surface area contributed by atoms with Gasteiger partial charge >= 0.3 is 5.63 Å². The third-order valence-corrected chi connectivity index (χ3v) is 2.83. The van der Waals surface area contributed by atoms with Gasteiger partial charge in [-0.2, -0.15) is 0 Å². The molecular formula is C15H20ClNO4. The van der Waals surface area contributed by atoms with E-state index in [0.717, 1.165) is 18.4 Å². The second-order valence-corrected chi connectivity index (χ2v) is 4.92. The maximum Gasteiger partial charge on any atom is 0.336 e. The van der Waals surface area contributed by atoms with Crippen LogP contribution in [0.3, 0.4) is 0 Å². The highest BCUT2D eigenvalue weighted by molar-refractivity contribution is 5.85. The van der Waals surface area contributed by atoms with E-state index >= 15 is 0 Å². The lowest BCUT2D eigenvalue weighted by Crippen LogP contribution is -2.24. The van der Waals surface area contributed by atoms with Crippen LogP contribution < -0.4 is 15.7 Å². The molecule has 1 aromatic heterocycles. The first-order chi connectivity index (χ1) is 9.56. The van der Waals surface area contributed by atoms with Gasteiger partial charge in [0, 0.05) is 23.6 Å². The molecule has 0 fully saturated rings. The summed E-state index contributed by atoms with van der Waals surface area (Å²) >= 11 is 0. The molecule has 1 heterocycles. The minimum atomic E-state index is -0.440. The summed E-state index contributed by atoms with van der Waals surface area (Å²) in [7, 11) is 0. The summed E-state index contributed by atoms with van der Waals surface area (Å²) in [4.78, 5) is 11.1. The Balaban J connectivity index is 0.00000220. The molecule has 116 valence electrons. The Kier molecular flexibility index (Phi) is 6.52. The van der Waals surface area contributed by atoms with Gasteiger partial charge in [0.15, 0.2) is 11.5 Å². The molecule has 0 saturated heterocycles. The molecule has 2 N–H and O–H groups in total. The van der Waals surface area contributed by atoms with Crippen LogP contribution in [0, 0.1) is 0 Å². The fourth-order valence-electron chi connectivity index (χ4n) is 1.84. The maximum atomic E-state index is 11.1. The van der Waals surface area contributed by atoms with Gasteiger partial charge < -0.3 is 19.6 Å². The molecule has 0 aliphatic rings. The number of hydrogen-bond donors (Lipinski definition) is 2. The molecule has 0 radical (unpaired) electrons. The predicted octanol–water partition coefficient (Wildman–Crippen LogP) is 2.69. The average Bonchev–Trinajstić information content (AvgIpc) is 2.38. The Labute approximate surface area is 129 Å². The van der Waals surface area contributed by atoms with Gasteiger partial charge in [0.2, 0.25) is 0 Å². The monoisotopic (exact) mass is 313 g/mol. The fraction of sp³-hybridized carbons (Fsp3) is 0.400. The van der Waals surface area contributed by atoms with Crippen LogP contribution in [0.2, 0.25) is 0 Å². The molecule has 21 heavy (non-hydrogen) atoms. The van der Waals surface area contributed by atoms with Crippen LogP contribution in [0.25, 0.3) is 11.0 Å². The standard InChI is InChI=1S/C15H19NO4.ClH/c1-10(2)16-6-3-7-19-14-8-11-4-5-15(18)20-13(11)9-12(14)17;/h4-5,8-10,16-17H,3,6-7H2,1-2H3;1H. The lowest BCUT2D eigenvalue weighted by Gasteiger charge is -2.10. The molecular weight excluding hydrogens is 294 g/mol.